The van der Waals surface area contributed by atoms with E-state index in [1.54, 1.807) is 18.5 Å². The van der Waals surface area contributed by atoms with Crippen LogP contribution in [0.2, 0.25) is 0 Å². The molecule has 4 rings (SSSR count). The number of piperidine rings is 1. The summed E-state index contributed by atoms with van der Waals surface area (Å²) in [7, 11) is 3.80. The van der Waals surface area contributed by atoms with E-state index in [2.05, 4.69) is 26.9 Å². The Kier molecular flexibility index (Phi) is 6.26. The number of halogens is 3. The van der Waals surface area contributed by atoms with Crippen molar-refractivity contribution in [3.8, 4) is 23.1 Å². The maximum atomic E-state index is 13.9. The Hall–Kier alpha value is -3.19. The van der Waals surface area contributed by atoms with Crippen LogP contribution in [0.25, 0.3) is 22.4 Å². The van der Waals surface area contributed by atoms with E-state index in [-0.39, 0.29) is 29.4 Å². The fourth-order valence-electron chi connectivity index (χ4n) is 4.13. The number of alkyl halides is 3. The highest BCUT2D eigenvalue weighted by atomic mass is 19.4. The van der Waals surface area contributed by atoms with Crippen LogP contribution >= 0.6 is 0 Å². The van der Waals surface area contributed by atoms with Crippen molar-refractivity contribution in [3.63, 3.8) is 0 Å². The van der Waals surface area contributed by atoms with Crippen LogP contribution in [0.15, 0.2) is 18.2 Å². The van der Waals surface area contributed by atoms with Gasteiger partial charge in [-0.15, -0.1) is 0 Å². The quantitative estimate of drug-likeness (QED) is 0.566. The lowest BCUT2D eigenvalue weighted by molar-refractivity contribution is -0.138. The first kappa shape index (κ1) is 23.0. The zero-order valence-electron chi connectivity index (χ0n) is 18.8. The van der Waals surface area contributed by atoms with Gasteiger partial charge < -0.3 is 14.2 Å². The van der Waals surface area contributed by atoms with Gasteiger partial charge in [0.25, 0.3) is 0 Å². The summed E-state index contributed by atoms with van der Waals surface area (Å²) >= 11 is 0. The molecule has 1 fully saturated rings. The Morgan fingerprint density at radius 2 is 1.88 bits per heavy atom. The first-order valence-electron chi connectivity index (χ1n) is 10.8. The molecule has 0 saturated carbocycles. The van der Waals surface area contributed by atoms with Crippen molar-refractivity contribution in [2.24, 2.45) is 13.0 Å². The van der Waals surface area contributed by atoms with Crippen molar-refractivity contribution >= 4 is 11.2 Å². The molecule has 0 bridgehead atoms. The van der Waals surface area contributed by atoms with Gasteiger partial charge in [-0.2, -0.15) is 23.4 Å². The van der Waals surface area contributed by atoms with Crippen LogP contribution < -0.4 is 4.74 Å². The van der Waals surface area contributed by atoms with Crippen molar-refractivity contribution in [2.75, 3.05) is 26.7 Å². The maximum absolute atomic E-state index is 13.9. The van der Waals surface area contributed by atoms with Crippen molar-refractivity contribution < 1.29 is 17.9 Å². The van der Waals surface area contributed by atoms with E-state index in [0.717, 1.165) is 38.4 Å². The zero-order valence-corrected chi connectivity index (χ0v) is 18.8. The normalized spacial score (nSPS) is 15.7. The molecule has 1 aromatic carbocycles. The third-order valence-electron chi connectivity index (χ3n) is 6.22. The molecule has 1 saturated heterocycles. The van der Waals surface area contributed by atoms with E-state index in [1.165, 1.54) is 12.1 Å². The summed E-state index contributed by atoms with van der Waals surface area (Å²) in [6.07, 6.45) is -1.83. The molecule has 2 aromatic heterocycles. The van der Waals surface area contributed by atoms with Crippen molar-refractivity contribution in [2.45, 2.75) is 32.4 Å². The molecule has 1 aliphatic heterocycles. The standard InChI is InChI=1S/C23H25F3N6O/c1-14-28-21-20(29-19(13-27)30-22(21)32(14)3)16-4-5-18(17(12-16)23(24,25)26)33-11-8-15-6-9-31(2)10-7-15/h4-5,12,15H,6-11H2,1-3H3. The number of imidazole rings is 1. The number of nitrogens with zero attached hydrogens (tertiary/aromatic N) is 6. The Balaban J connectivity index is 1.65. The Bertz CT molecular complexity index is 1210. The summed E-state index contributed by atoms with van der Waals surface area (Å²) in [5.41, 5.74) is 0.246. The summed E-state index contributed by atoms with van der Waals surface area (Å²) in [4.78, 5) is 15.0. The number of ether oxygens (including phenoxy) is 1. The minimum atomic E-state index is -4.61. The molecule has 1 aliphatic rings. The number of likely N-dealkylation sites (tertiary alicyclic amines) is 1. The van der Waals surface area contributed by atoms with Crippen molar-refractivity contribution in [3.05, 3.63) is 35.4 Å². The summed E-state index contributed by atoms with van der Waals surface area (Å²) < 4.78 is 49.0. The summed E-state index contributed by atoms with van der Waals surface area (Å²) in [5, 5.41) is 9.31. The fourth-order valence-corrected chi connectivity index (χ4v) is 4.13. The highest BCUT2D eigenvalue weighted by Gasteiger charge is 2.35. The van der Waals surface area contributed by atoms with Gasteiger partial charge in [-0.25, -0.2) is 9.97 Å². The molecule has 0 radical (unpaired) electrons. The number of rotatable bonds is 5. The van der Waals surface area contributed by atoms with Crippen LogP contribution in [0.5, 0.6) is 5.75 Å². The lowest BCUT2D eigenvalue weighted by atomic mass is 9.94. The van der Waals surface area contributed by atoms with Crippen LogP contribution in [0.1, 0.15) is 36.5 Å². The van der Waals surface area contributed by atoms with Crippen LogP contribution in [0, 0.1) is 24.2 Å². The Morgan fingerprint density at radius 3 is 2.55 bits per heavy atom. The highest BCUT2D eigenvalue weighted by Crippen LogP contribution is 2.39. The van der Waals surface area contributed by atoms with E-state index >= 15 is 0 Å². The lowest BCUT2D eigenvalue weighted by Crippen LogP contribution is -2.30. The molecule has 0 N–H and O–H groups in total. The molecule has 174 valence electrons. The average Bonchev–Trinajstić information content (AvgIpc) is 3.07. The monoisotopic (exact) mass is 458 g/mol. The number of nitriles is 1. The molecule has 7 nitrogen and oxygen atoms in total. The van der Waals surface area contributed by atoms with Crippen LogP contribution in [-0.2, 0) is 13.2 Å². The second-order valence-corrected chi connectivity index (χ2v) is 8.49. The van der Waals surface area contributed by atoms with E-state index in [1.807, 2.05) is 6.07 Å². The largest absolute Gasteiger partial charge is 0.493 e. The van der Waals surface area contributed by atoms with Gasteiger partial charge in [-0.1, -0.05) is 0 Å². The maximum Gasteiger partial charge on any atom is 0.419 e. The summed E-state index contributed by atoms with van der Waals surface area (Å²) in [6, 6.07) is 5.73. The predicted octanol–water partition coefficient (Wildman–Crippen LogP) is 4.34. The molecule has 0 atom stereocenters. The molecule has 0 unspecified atom stereocenters. The van der Waals surface area contributed by atoms with Crippen LogP contribution in [0.3, 0.4) is 0 Å². The molecule has 10 heteroatoms. The van der Waals surface area contributed by atoms with Gasteiger partial charge in [-0.3, -0.25) is 0 Å². The number of aromatic nitrogens is 4. The number of fused-ring (bicyclic) bond motifs is 1. The van der Waals surface area contributed by atoms with Crippen molar-refractivity contribution in [1.82, 2.24) is 24.4 Å². The van der Waals surface area contributed by atoms with E-state index < -0.39 is 11.7 Å². The van der Waals surface area contributed by atoms with Crippen LogP contribution in [0.4, 0.5) is 13.2 Å². The fraction of sp³-hybridized carbons (Fsp3) is 0.478. The lowest BCUT2D eigenvalue weighted by Gasteiger charge is -2.28. The molecular formula is C23H25F3N6O. The Labute approximate surface area is 189 Å². The highest BCUT2D eigenvalue weighted by molar-refractivity contribution is 5.88. The topological polar surface area (TPSA) is 79.9 Å². The van der Waals surface area contributed by atoms with Gasteiger partial charge in [0.05, 0.1) is 12.2 Å². The molecule has 0 aliphatic carbocycles. The third kappa shape index (κ3) is 4.78. The third-order valence-corrected chi connectivity index (χ3v) is 6.22. The number of hydrogen-bond donors (Lipinski definition) is 0. The average molecular weight is 458 g/mol. The van der Waals surface area contributed by atoms with Gasteiger partial charge >= 0.3 is 6.18 Å². The molecule has 0 amide bonds. The first-order valence-corrected chi connectivity index (χ1v) is 10.8. The minimum Gasteiger partial charge on any atom is -0.493 e. The Morgan fingerprint density at radius 1 is 1.15 bits per heavy atom. The second-order valence-electron chi connectivity index (χ2n) is 8.49. The van der Waals surface area contributed by atoms with E-state index in [9.17, 15) is 18.4 Å². The van der Waals surface area contributed by atoms with Crippen LogP contribution in [-0.4, -0.2) is 51.2 Å². The number of benzene rings is 1. The molecule has 3 aromatic rings. The van der Waals surface area contributed by atoms with Gasteiger partial charge in [0, 0.05) is 12.6 Å². The number of hydrogen-bond acceptors (Lipinski definition) is 6. The van der Waals surface area contributed by atoms with Gasteiger partial charge in [-0.05, 0) is 70.4 Å². The summed E-state index contributed by atoms with van der Waals surface area (Å²) in [6.45, 7) is 3.98. The number of aryl methyl sites for hydroxylation is 2. The second kappa shape index (κ2) is 8.98. The van der Waals surface area contributed by atoms with Gasteiger partial charge in [0.1, 0.15) is 28.9 Å². The predicted molar refractivity (Wildman–Crippen MR) is 117 cm³/mol. The summed E-state index contributed by atoms with van der Waals surface area (Å²) in [5.74, 6) is 0.733. The molecule has 33 heavy (non-hydrogen) atoms. The molecule has 3 heterocycles. The van der Waals surface area contributed by atoms with Gasteiger partial charge in [0.2, 0.25) is 5.82 Å². The SMILES string of the molecule is Cc1nc2c(-c3ccc(OCCC4CCN(C)CC4)c(C(F)(F)F)c3)nc(C#N)nc2n1C. The first-order chi connectivity index (χ1) is 15.7. The smallest absolute Gasteiger partial charge is 0.419 e. The van der Waals surface area contributed by atoms with Gasteiger partial charge in [0.15, 0.2) is 5.65 Å². The molecule has 0 spiro atoms. The van der Waals surface area contributed by atoms with E-state index in [0.29, 0.717) is 22.9 Å². The van der Waals surface area contributed by atoms with E-state index in [4.69, 9.17) is 4.74 Å². The zero-order chi connectivity index (χ0) is 23.8. The van der Waals surface area contributed by atoms with Crippen molar-refractivity contribution in [1.29, 1.82) is 5.26 Å². The minimum absolute atomic E-state index is 0.132. The molecular weight excluding hydrogens is 433 g/mol.